The molecule has 2 aliphatic rings. The highest BCUT2D eigenvalue weighted by Crippen LogP contribution is 2.37. The van der Waals surface area contributed by atoms with Crippen LogP contribution in [0.4, 0.5) is 4.79 Å². The van der Waals surface area contributed by atoms with Crippen LogP contribution in [0.15, 0.2) is 53.4 Å². The van der Waals surface area contributed by atoms with E-state index in [0.717, 1.165) is 34.4 Å². The van der Waals surface area contributed by atoms with Gasteiger partial charge in [-0.1, -0.05) is 60.7 Å². The average Bonchev–Trinajstić information content (AvgIpc) is 3.30. The lowest BCUT2D eigenvalue weighted by atomic mass is 9.84. The lowest BCUT2D eigenvalue weighted by molar-refractivity contribution is -0.123. The van der Waals surface area contributed by atoms with E-state index in [-0.39, 0.29) is 17.7 Å². The van der Waals surface area contributed by atoms with Gasteiger partial charge in [0.2, 0.25) is 0 Å². The molecule has 5 rings (SSSR count). The SMILES string of the molecule is Cc1cc(/C=C2\SC(=O)N(Cc3c(Cl)cccc3Cl)C2=O)c(C)n1-c1ccc(C2CCCCC2)cc1. The zero-order valence-corrected chi connectivity index (χ0v) is 22.7. The zero-order chi connectivity index (χ0) is 25.4. The van der Waals surface area contributed by atoms with Gasteiger partial charge in [-0.2, -0.15) is 0 Å². The van der Waals surface area contributed by atoms with E-state index in [0.29, 0.717) is 26.4 Å². The quantitative estimate of drug-likeness (QED) is 0.305. The summed E-state index contributed by atoms with van der Waals surface area (Å²) in [6.45, 7) is 4.15. The van der Waals surface area contributed by atoms with Crippen molar-refractivity contribution < 1.29 is 9.59 Å². The van der Waals surface area contributed by atoms with Gasteiger partial charge in [-0.25, -0.2) is 0 Å². The predicted octanol–water partition coefficient (Wildman–Crippen LogP) is 8.69. The molecule has 1 aromatic heterocycles. The number of aromatic nitrogens is 1. The van der Waals surface area contributed by atoms with E-state index in [2.05, 4.69) is 41.8 Å². The summed E-state index contributed by atoms with van der Waals surface area (Å²) in [4.78, 5) is 27.4. The van der Waals surface area contributed by atoms with Crippen LogP contribution in [0.2, 0.25) is 10.0 Å². The fourth-order valence-electron chi connectivity index (χ4n) is 5.28. The van der Waals surface area contributed by atoms with Crippen molar-refractivity contribution in [3.63, 3.8) is 0 Å². The maximum absolute atomic E-state index is 13.1. The van der Waals surface area contributed by atoms with Crippen LogP contribution in [0.25, 0.3) is 11.8 Å². The molecule has 1 saturated heterocycles. The van der Waals surface area contributed by atoms with Crippen molar-refractivity contribution in [1.29, 1.82) is 0 Å². The first-order valence-electron chi connectivity index (χ1n) is 12.3. The Bertz CT molecular complexity index is 1330. The molecule has 2 heterocycles. The highest BCUT2D eigenvalue weighted by molar-refractivity contribution is 8.18. The molecule has 2 fully saturated rings. The third-order valence-corrected chi connectivity index (χ3v) is 8.85. The number of aryl methyl sites for hydroxylation is 1. The van der Waals surface area contributed by atoms with Crippen molar-refractivity contribution in [3.8, 4) is 5.69 Å². The Morgan fingerprint density at radius 1 is 0.972 bits per heavy atom. The monoisotopic (exact) mass is 538 g/mol. The molecule has 2 amide bonds. The maximum atomic E-state index is 13.1. The Morgan fingerprint density at radius 3 is 2.31 bits per heavy atom. The van der Waals surface area contributed by atoms with Gasteiger partial charge in [0.15, 0.2) is 0 Å². The van der Waals surface area contributed by atoms with Crippen molar-refractivity contribution in [2.75, 3.05) is 0 Å². The topological polar surface area (TPSA) is 42.3 Å². The molecule has 0 radical (unpaired) electrons. The molecule has 4 nitrogen and oxygen atoms in total. The van der Waals surface area contributed by atoms with Crippen LogP contribution >= 0.6 is 35.0 Å². The number of hydrogen-bond donors (Lipinski definition) is 0. The summed E-state index contributed by atoms with van der Waals surface area (Å²) in [7, 11) is 0. The molecule has 0 unspecified atom stereocenters. The number of rotatable bonds is 5. The molecule has 0 atom stereocenters. The van der Waals surface area contributed by atoms with Gasteiger partial charge in [-0.15, -0.1) is 0 Å². The number of nitrogens with zero attached hydrogens (tertiary/aromatic N) is 2. The van der Waals surface area contributed by atoms with E-state index in [1.165, 1.54) is 42.6 Å². The molecule has 0 bridgehead atoms. The zero-order valence-electron chi connectivity index (χ0n) is 20.4. The number of thioether (sulfide) groups is 1. The Balaban J connectivity index is 1.38. The Morgan fingerprint density at radius 2 is 1.64 bits per heavy atom. The number of carbonyl (C=O) groups excluding carboxylic acids is 2. The summed E-state index contributed by atoms with van der Waals surface area (Å²) in [6.07, 6.45) is 8.37. The summed E-state index contributed by atoms with van der Waals surface area (Å²) in [5, 5.41) is 0.543. The van der Waals surface area contributed by atoms with Gasteiger partial charge < -0.3 is 4.57 Å². The summed E-state index contributed by atoms with van der Waals surface area (Å²) in [5.41, 5.74) is 6.12. The number of halogens is 2. The average molecular weight is 540 g/mol. The van der Waals surface area contributed by atoms with E-state index >= 15 is 0 Å². The number of hydrogen-bond acceptors (Lipinski definition) is 3. The summed E-state index contributed by atoms with van der Waals surface area (Å²) >= 11 is 13.5. The molecular weight excluding hydrogens is 511 g/mol. The van der Waals surface area contributed by atoms with Gasteiger partial charge in [0.1, 0.15) is 0 Å². The van der Waals surface area contributed by atoms with Crippen molar-refractivity contribution in [3.05, 3.63) is 91.6 Å². The van der Waals surface area contributed by atoms with Crippen molar-refractivity contribution in [2.24, 2.45) is 0 Å². The van der Waals surface area contributed by atoms with Crippen molar-refractivity contribution in [1.82, 2.24) is 9.47 Å². The lowest BCUT2D eigenvalue weighted by Gasteiger charge is -2.22. The van der Waals surface area contributed by atoms with E-state index in [1.54, 1.807) is 18.2 Å². The molecule has 36 heavy (non-hydrogen) atoms. The predicted molar refractivity (Wildman–Crippen MR) is 149 cm³/mol. The number of benzene rings is 2. The van der Waals surface area contributed by atoms with Crippen molar-refractivity contribution >= 4 is 52.2 Å². The second kappa shape index (κ2) is 10.5. The van der Waals surface area contributed by atoms with Crippen LogP contribution in [0.3, 0.4) is 0 Å². The third-order valence-electron chi connectivity index (χ3n) is 7.24. The number of amides is 2. The van der Waals surface area contributed by atoms with Crippen LogP contribution in [-0.2, 0) is 11.3 Å². The first-order valence-corrected chi connectivity index (χ1v) is 13.9. The van der Waals surface area contributed by atoms with Gasteiger partial charge >= 0.3 is 0 Å². The fourth-order valence-corrected chi connectivity index (χ4v) is 6.63. The summed E-state index contributed by atoms with van der Waals surface area (Å²) < 4.78 is 2.20. The molecule has 1 aliphatic heterocycles. The number of carbonyl (C=O) groups is 2. The van der Waals surface area contributed by atoms with Gasteiger partial charge in [0.05, 0.1) is 11.4 Å². The summed E-state index contributed by atoms with van der Waals surface area (Å²) in [6, 6.07) is 16.1. The van der Waals surface area contributed by atoms with Crippen LogP contribution in [-0.4, -0.2) is 20.6 Å². The molecule has 0 N–H and O–H groups in total. The van der Waals surface area contributed by atoms with Crippen molar-refractivity contribution in [2.45, 2.75) is 58.4 Å². The Kier molecular flexibility index (Phi) is 7.34. The van der Waals surface area contributed by atoms with Crippen LogP contribution in [0.5, 0.6) is 0 Å². The maximum Gasteiger partial charge on any atom is 0.293 e. The molecular formula is C29H28Cl2N2O2S. The highest BCUT2D eigenvalue weighted by atomic mass is 35.5. The van der Waals surface area contributed by atoms with Crippen LogP contribution in [0.1, 0.15) is 66.1 Å². The van der Waals surface area contributed by atoms with Crippen LogP contribution < -0.4 is 0 Å². The molecule has 2 aromatic carbocycles. The van der Waals surface area contributed by atoms with Crippen LogP contribution in [0, 0.1) is 13.8 Å². The lowest BCUT2D eigenvalue weighted by Crippen LogP contribution is -2.27. The largest absolute Gasteiger partial charge is 0.318 e. The van der Waals surface area contributed by atoms with E-state index in [4.69, 9.17) is 23.2 Å². The summed E-state index contributed by atoms with van der Waals surface area (Å²) in [5.74, 6) is 0.342. The second-order valence-corrected chi connectivity index (χ2v) is 11.4. The molecule has 7 heteroatoms. The number of imide groups is 1. The van der Waals surface area contributed by atoms with E-state index < -0.39 is 0 Å². The van der Waals surface area contributed by atoms with Gasteiger partial charge in [0.25, 0.3) is 11.1 Å². The third kappa shape index (κ3) is 4.89. The van der Waals surface area contributed by atoms with Gasteiger partial charge in [-0.05, 0) is 91.9 Å². The molecule has 0 spiro atoms. The fraction of sp³-hybridized carbons (Fsp3) is 0.310. The molecule has 186 valence electrons. The second-order valence-electron chi connectivity index (χ2n) is 9.56. The minimum Gasteiger partial charge on any atom is -0.318 e. The minimum absolute atomic E-state index is 0.0485. The van der Waals surface area contributed by atoms with E-state index in [1.807, 2.05) is 13.0 Å². The first-order chi connectivity index (χ1) is 17.3. The van der Waals surface area contributed by atoms with Gasteiger partial charge in [-0.3, -0.25) is 14.5 Å². The molecule has 1 aliphatic carbocycles. The standard InChI is InChI=1S/C29H28Cl2N2O2S/c1-18-15-22(19(2)33(18)23-13-11-21(12-14-23)20-7-4-3-5-8-20)16-27-28(34)32(29(35)36-27)17-24-25(30)9-6-10-26(24)31/h6,9-16,20H,3-5,7-8,17H2,1-2H3/b27-16-. The van der Waals surface area contributed by atoms with Gasteiger partial charge in [0, 0.05) is 32.7 Å². The highest BCUT2D eigenvalue weighted by Gasteiger charge is 2.36. The van der Waals surface area contributed by atoms with E-state index in [9.17, 15) is 9.59 Å². The smallest absolute Gasteiger partial charge is 0.293 e. The first kappa shape index (κ1) is 25.2. The normalized spacial score (nSPS) is 18.0. The molecule has 3 aromatic rings. The minimum atomic E-state index is -0.331. The Hall–Kier alpha value is -2.47. The Labute approximate surface area is 226 Å². The molecule has 1 saturated carbocycles.